The van der Waals surface area contributed by atoms with Gasteiger partial charge >= 0.3 is 0 Å². The predicted molar refractivity (Wildman–Crippen MR) is 89.3 cm³/mol. The third-order valence-electron chi connectivity index (χ3n) is 3.69. The van der Waals surface area contributed by atoms with Crippen molar-refractivity contribution in [3.05, 3.63) is 41.2 Å². The molecule has 1 heterocycles. The van der Waals surface area contributed by atoms with Crippen LogP contribution in [0, 0.1) is 12.8 Å². The van der Waals surface area contributed by atoms with Crippen LogP contribution in [0.4, 0.5) is 5.69 Å². The van der Waals surface area contributed by atoms with Gasteiger partial charge in [-0.3, -0.25) is 14.5 Å². The van der Waals surface area contributed by atoms with Gasteiger partial charge in [0.1, 0.15) is 6.29 Å². The number of allylic oxidation sites excluding steroid dienone is 4. The number of pyridine rings is 1. The number of nitrogens with zero attached hydrogens (tertiary/aromatic N) is 2. The maximum Gasteiger partial charge on any atom is 0.218 e. The van der Waals surface area contributed by atoms with Crippen molar-refractivity contribution in [2.24, 2.45) is 5.92 Å². The van der Waals surface area contributed by atoms with E-state index in [0.29, 0.717) is 24.0 Å². The molecular weight excluding hydrogens is 292 g/mol. The molecule has 1 aromatic heterocycles. The first-order valence-corrected chi connectivity index (χ1v) is 7.78. The minimum atomic E-state index is 0.349. The first-order chi connectivity index (χ1) is 11.1. The van der Waals surface area contributed by atoms with Crippen LogP contribution in [-0.4, -0.2) is 24.3 Å². The number of rotatable bonds is 8. The molecule has 0 radical (unpaired) electrons. The van der Waals surface area contributed by atoms with Gasteiger partial charge in [-0.05, 0) is 56.7 Å². The second-order valence-electron chi connectivity index (χ2n) is 5.61. The summed E-state index contributed by atoms with van der Waals surface area (Å²) < 4.78 is 5.39. The van der Waals surface area contributed by atoms with Gasteiger partial charge in [0.05, 0.1) is 18.5 Å². The summed E-state index contributed by atoms with van der Waals surface area (Å²) in [6.45, 7) is 6.11. The number of ether oxygens (including phenoxy) is 1. The number of hydrogen-bond donors (Lipinski definition) is 0. The predicted octanol–water partition coefficient (Wildman–Crippen LogP) is 3.19. The SMILES string of the molecule is CCOc1cc(C)c(N(C=O)/C(=C\C=C(/C)C=O)C2CC2)cn1. The summed E-state index contributed by atoms with van der Waals surface area (Å²) in [5.74, 6) is 0.898. The molecule has 0 N–H and O–H groups in total. The molecule has 5 heteroatoms. The van der Waals surface area contributed by atoms with E-state index in [0.717, 1.165) is 42.5 Å². The first kappa shape index (κ1) is 16.9. The van der Waals surface area contributed by atoms with Gasteiger partial charge in [0.2, 0.25) is 12.3 Å². The number of aromatic nitrogens is 1. The van der Waals surface area contributed by atoms with Crippen molar-refractivity contribution in [2.75, 3.05) is 11.5 Å². The van der Waals surface area contributed by atoms with Crippen LogP contribution in [0.2, 0.25) is 0 Å². The molecule has 1 aromatic rings. The second-order valence-corrected chi connectivity index (χ2v) is 5.61. The summed E-state index contributed by atoms with van der Waals surface area (Å²) in [6.07, 6.45) is 8.96. The van der Waals surface area contributed by atoms with E-state index in [2.05, 4.69) is 4.98 Å². The number of carbonyl (C=O) groups is 2. The van der Waals surface area contributed by atoms with Crippen molar-refractivity contribution in [3.63, 3.8) is 0 Å². The molecule has 122 valence electrons. The van der Waals surface area contributed by atoms with Gasteiger partial charge in [0.15, 0.2) is 0 Å². The quantitative estimate of drug-likeness (QED) is 0.420. The normalized spacial score (nSPS) is 15.3. The van der Waals surface area contributed by atoms with Crippen molar-refractivity contribution < 1.29 is 14.3 Å². The van der Waals surface area contributed by atoms with Gasteiger partial charge in [-0.15, -0.1) is 0 Å². The van der Waals surface area contributed by atoms with E-state index in [1.54, 1.807) is 24.1 Å². The van der Waals surface area contributed by atoms with Crippen LogP contribution in [0.3, 0.4) is 0 Å². The van der Waals surface area contributed by atoms with E-state index in [1.807, 2.05) is 26.0 Å². The Morgan fingerprint density at radius 1 is 1.39 bits per heavy atom. The van der Waals surface area contributed by atoms with Gasteiger partial charge in [-0.25, -0.2) is 4.98 Å². The average molecular weight is 314 g/mol. The summed E-state index contributed by atoms with van der Waals surface area (Å²) in [7, 11) is 0. The number of carbonyl (C=O) groups excluding carboxylic acids is 2. The number of anilines is 1. The fourth-order valence-corrected chi connectivity index (χ4v) is 2.31. The molecule has 1 saturated carbocycles. The lowest BCUT2D eigenvalue weighted by Crippen LogP contribution is -2.22. The molecule has 5 nitrogen and oxygen atoms in total. The minimum Gasteiger partial charge on any atom is -0.478 e. The van der Waals surface area contributed by atoms with Crippen molar-refractivity contribution in [1.82, 2.24) is 4.98 Å². The van der Waals surface area contributed by atoms with E-state index >= 15 is 0 Å². The molecule has 0 saturated heterocycles. The maximum atomic E-state index is 11.7. The van der Waals surface area contributed by atoms with Gasteiger partial charge in [0, 0.05) is 11.8 Å². The van der Waals surface area contributed by atoms with E-state index in [1.165, 1.54) is 0 Å². The summed E-state index contributed by atoms with van der Waals surface area (Å²) in [6, 6.07) is 1.83. The molecule has 1 amide bonds. The highest BCUT2D eigenvalue weighted by Gasteiger charge is 2.30. The molecule has 0 bridgehead atoms. The van der Waals surface area contributed by atoms with Crippen LogP contribution in [0.5, 0.6) is 5.88 Å². The number of hydrogen-bond acceptors (Lipinski definition) is 4. The molecule has 0 spiro atoms. The lowest BCUT2D eigenvalue weighted by Gasteiger charge is -2.22. The number of amides is 1. The van der Waals surface area contributed by atoms with Crippen molar-refractivity contribution in [2.45, 2.75) is 33.6 Å². The molecule has 2 rings (SSSR count). The highest BCUT2D eigenvalue weighted by Crippen LogP contribution is 2.40. The zero-order chi connectivity index (χ0) is 16.8. The van der Waals surface area contributed by atoms with Gasteiger partial charge in [-0.2, -0.15) is 0 Å². The summed E-state index contributed by atoms with van der Waals surface area (Å²) >= 11 is 0. The maximum absolute atomic E-state index is 11.7. The number of aldehydes is 1. The van der Waals surface area contributed by atoms with Crippen molar-refractivity contribution >= 4 is 18.4 Å². The van der Waals surface area contributed by atoms with Crippen LogP contribution >= 0.6 is 0 Å². The molecule has 1 aliphatic carbocycles. The zero-order valence-corrected chi connectivity index (χ0v) is 13.8. The van der Waals surface area contributed by atoms with Gasteiger partial charge < -0.3 is 4.74 Å². The van der Waals surface area contributed by atoms with E-state index in [-0.39, 0.29) is 0 Å². The standard InChI is InChI=1S/C18H22N2O3/c1-4-23-18-9-14(3)17(10-19-18)20(12-22)16(15-6-7-15)8-5-13(2)11-21/h5,8-12,15H,4,6-7H2,1-3H3/b13-5+,16-8-. The Balaban J connectivity index is 2.36. The van der Waals surface area contributed by atoms with E-state index < -0.39 is 0 Å². The molecule has 0 unspecified atom stereocenters. The lowest BCUT2D eigenvalue weighted by atomic mass is 10.1. The van der Waals surface area contributed by atoms with Crippen LogP contribution in [0.15, 0.2) is 35.7 Å². The molecule has 1 aliphatic rings. The Kier molecular flexibility index (Phi) is 5.68. The van der Waals surface area contributed by atoms with Crippen LogP contribution < -0.4 is 9.64 Å². The average Bonchev–Trinajstić information content (AvgIpc) is 3.37. The number of aryl methyl sites for hydroxylation is 1. The van der Waals surface area contributed by atoms with E-state index in [4.69, 9.17) is 4.74 Å². The summed E-state index contributed by atoms with van der Waals surface area (Å²) in [5, 5.41) is 0. The first-order valence-electron chi connectivity index (χ1n) is 7.78. The lowest BCUT2D eigenvalue weighted by molar-refractivity contribution is -0.107. The van der Waals surface area contributed by atoms with Gasteiger partial charge in [0.25, 0.3) is 0 Å². The molecule has 0 aliphatic heterocycles. The summed E-state index contributed by atoms with van der Waals surface area (Å²) in [4.78, 5) is 28.3. The second kappa shape index (κ2) is 7.72. The molecule has 1 fully saturated rings. The largest absolute Gasteiger partial charge is 0.478 e. The Labute approximate surface area is 136 Å². The summed E-state index contributed by atoms with van der Waals surface area (Å²) in [5.41, 5.74) is 3.17. The minimum absolute atomic E-state index is 0.349. The smallest absolute Gasteiger partial charge is 0.218 e. The monoisotopic (exact) mass is 314 g/mol. The molecule has 23 heavy (non-hydrogen) atoms. The topological polar surface area (TPSA) is 59.5 Å². The van der Waals surface area contributed by atoms with Crippen molar-refractivity contribution in [1.29, 1.82) is 0 Å². The highest BCUT2D eigenvalue weighted by molar-refractivity contribution is 5.82. The Morgan fingerprint density at radius 2 is 2.13 bits per heavy atom. The van der Waals surface area contributed by atoms with Gasteiger partial charge in [-0.1, -0.05) is 6.08 Å². The Hall–Kier alpha value is -2.43. The molecule has 0 atom stereocenters. The fraction of sp³-hybridized carbons (Fsp3) is 0.389. The van der Waals surface area contributed by atoms with Crippen molar-refractivity contribution in [3.8, 4) is 5.88 Å². The van der Waals surface area contributed by atoms with Crippen LogP contribution in [0.25, 0.3) is 0 Å². The molecule has 0 aromatic carbocycles. The molecular formula is C18H22N2O3. The Bertz CT molecular complexity index is 646. The van der Waals surface area contributed by atoms with Crippen LogP contribution in [0.1, 0.15) is 32.3 Å². The van der Waals surface area contributed by atoms with E-state index in [9.17, 15) is 9.59 Å². The zero-order valence-electron chi connectivity index (χ0n) is 13.8. The Morgan fingerprint density at radius 3 is 2.65 bits per heavy atom. The third-order valence-corrected chi connectivity index (χ3v) is 3.69. The van der Waals surface area contributed by atoms with Crippen LogP contribution in [-0.2, 0) is 9.59 Å². The fourth-order valence-electron chi connectivity index (χ4n) is 2.31. The highest BCUT2D eigenvalue weighted by atomic mass is 16.5. The third kappa shape index (κ3) is 4.28.